The van der Waals surface area contributed by atoms with Crippen LogP contribution >= 0.6 is 0 Å². The predicted molar refractivity (Wildman–Crippen MR) is 81.3 cm³/mol. The van der Waals surface area contributed by atoms with E-state index in [9.17, 15) is 0 Å². The van der Waals surface area contributed by atoms with Crippen molar-refractivity contribution in [2.24, 2.45) is 17.8 Å². The molecule has 1 atom stereocenters. The number of hydrogen-bond donors (Lipinski definition) is 1. The van der Waals surface area contributed by atoms with Gasteiger partial charge in [-0.1, -0.05) is 19.8 Å². The Morgan fingerprint density at radius 2 is 1.53 bits per heavy atom. The summed E-state index contributed by atoms with van der Waals surface area (Å²) in [5.74, 6) is 3.05. The summed E-state index contributed by atoms with van der Waals surface area (Å²) in [7, 11) is 0. The van der Waals surface area contributed by atoms with Crippen LogP contribution in [-0.4, -0.2) is 37.1 Å². The second-order valence-corrected chi connectivity index (χ2v) is 7.31. The van der Waals surface area contributed by atoms with Gasteiger partial charge in [-0.25, -0.2) is 0 Å². The molecule has 0 aromatic heterocycles. The quantitative estimate of drug-likeness (QED) is 0.687. The van der Waals surface area contributed by atoms with Crippen molar-refractivity contribution < 1.29 is 0 Å². The second-order valence-electron chi connectivity index (χ2n) is 7.31. The Morgan fingerprint density at radius 3 is 2.00 bits per heavy atom. The van der Waals surface area contributed by atoms with Crippen molar-refractivity contribution >= 4 is 0 Å². The van der Waals surface area contributed by atoms with Crippen molar-refractivity contribution in [1.82, 2.24) is 10.2 Å². The maximum atomic E-state index is 3.80. The molecule has 0 aromatic carbocycles. The summed E-state index contributed by atoms with van der Waals surface area (Å²) in [5, 5.41) is 3.80. The van der Waals surface area contributed by atoms with Crippen LogP contribution < -0.4 is 5.32 Å². The van der Waals surface area contributed by atoms with Crippen molar-refractivity contribution in [3.8, 4) is 0 Å². The molecule has 0 amide bonds. The highest BCUT2D eigenvalue weighted by Gasteiger charge is 2.32. The topological polar surface area (TPSA) is 15.3 Å². The first-order valence-corrected chi connectivity index (χ1v) is 8.81. The third-order valence-corrected chi connectivity index (χ3v) is 5.32. The zero-order valence-electron chi connectivity index (χ0n) is 12.7. The fourth-order valence-electron chi connectivity index (χ4n) is 3.84. The standard InChI is InChI=1S/C17H32N2/c1-2-18-17(16-5-3-4-6-16)13-19(11-14-7-8-14)12-15-9-10-15/h14-18H,2-13H2,1H3. The van der Waals surface area contributed by atoms with E-state index in [1.165, 1.54) is 71.0 Å². The minimum atomic E-state index is 0.769. The molecule has 3 rings (SSSR count). The summed E-state index contributed by atoms with van der Waals surface area (Å²) in [6.07, 6.45) is 11.9. The maximum Gasteiger partial charge on any atom is 0.0223 e. The van der Waals surface area contributed by atoms with E-state index in [2.05, 4.69) is 17.1 Å². The van der Waals surface area contributed by atoms with Gasteiger partial charge in [-0.15, -0.1) is 0 Å². The van der Waals surface area contributed by atoms with Crippen LogP contribution in [0.5, 0.6) is 0 Å². The van der Waals surface area contributed by atoms with E-state index in [0.717, 1.165) is 30.3 Å². The lowest BCUT2D eigenvalue weighted by Crippen LogP contribution is -2.46. The van der Waals surface area contributed by atoms with E-state index in [4.69, 9.17) is 0 Å². The van der Waals surface area contributed by atoms with Crippen LogP contribution in [0.3, 0.4) is 0 Å². The average Bonchev–Trinajstić information content (AvgIpc) is 3.32. The number of likely N-dealkylation sites (N-methyl/N-ethyl adjacent to an activating group) is 1. The Bertz CT molecular complexity index is 250. The summed E-state index contributed by atoms with van der Waals surface area (Å²) in [5.41, 5.74) is 0. The van der Waals surface area contributed by atoms with Gasteiger partial charge in [0.05, 0.1) is 0 Å². The highest BCUT2D eigenvalue weighted by Crippen LogP contribution is 2.35. The molecule has 3 aliphatic carbocycles. The zero-order chi connectivity index (χ0) is 13.1. The van der Waals surface area contributed by atoms with Crippen LogP contribution in [0.2, 0.25) is 0 Å². The minimum Gasteiger partial charge on any atom is -0.313 e. The lowest BCUT2D eigenvalue weighted by atomic mass is 9.97. The molecule has 110 valence electrons. The van der Waals surface area contributed by atoms with E-state index >= 15 is 0 Å². The van der Waals surface area contributed by atoms with Gasteiger partial charge in [0.25, 0.3) is 0 Å². The molecular formula is C17H32N2. The lowest BCUT2D eigenvalue weighted by Gasteiger charge is -2.31. The highest BCUT2D eigenvalue weighted by atomic mass is 15.2. The van der Waals surface area contributed by atoms with Gasteiger partial charge in [0, 0.05) is 25.7 Å². The largest absolute Gasteiger partial charge is 0.313 e. The molecule has 0 aliphatic heterocycles. The molecule has 0 spiro atoms. The number of nitrogens with one attached hydrogen (secondary N) is 1. The van der Waals surface area contributed by atoms with Crippen molar-refractivity contribution in [3.05, 3.63) is 0 Å². The predicted octanol–water partition coefficient (Wildman–Crippen LogP) is 3.28. The van der Waals surface area contributed by atoms with Crippen molar-refractivity contribution in [1.29, 1.82) is 0 Å². The third-order valence-electron chi connectivity index (χ3n) is 5.32. The first-order chi connectivity index (χ1) is 9.35. The Kier molecular flexibility index (Phi) is 4.81. The van der Waals surface area contributed by atoms with Gasteiger partial charge in [0.2, 0.25) is 0 Å². The van der Waals surface area contributed by atoms with Gasteiger partial charge >= 0.3 is 0 Å². The second kappa shape index (κ2) is 6.58. The summed E-state index contributed by atoms with van der Waals surface area (Å²) >= 11 is 0. The van der Waals surface area contributed by atoms with E-state index in [0.29, 0.717) is 0 Å². The molecular weight excluding hydrogens is 232 g/mol. The van der Waals surface area contributed by atoms with Crippen LogP contribution in [0.1, 0.15) is 58.3 Å². The Morgan fingerprint density at radius 1 is 0.947 bits per heavy atom. The molecule has 19 heavy (non-hydrogen) atoms. The SMILES string of the molecule is CCNC(CN(CC1CC1)CC1CC1)C1CCCC1. The van der Waals surface area contributed by atoms with Gasteiger partial charge in [0.1, 0.15) is 0 Å². The van der Waals surface area contributed by atoms with E-state index in [-0.39, 0.29) is 0 Å². The van der Waals surface area contributed by atoms with Crippen molar-refractivity contribution in [2.75, 3.05) is 26.2 Å². The van der Waals surface area contributed by atoms with Gasteiger partial charge in [-0.2, -0.15) is 0 Å². The zero-order valence-corrected chi connectivity index (χ0v) is 12.7. The molecule has 0 bridgehead atoms. The van der Waals surface area contributed by atoms with Crippen LogP contribution in [-0.2, 0) is 0 Å². The fourth-order valence-corrected chi connectivity index (χ4v) is 3.84. The Labute approximate surface area is 119 Å². The van der Waals surface area contributed by atoms with Crippen molar-refractivity contribution in [2.45, 2.75) is 64.3 Å². The monoisotopic (exact) mass is 264 g/mol. The van der Waals surface area contributed by atoms with Crippen LogP contribution in [0.25, 0.3) is 0 Å². The molecule has 3 aliphatic rings. The van der Waals surface area contributed by atoms with Crippen molar-refractivity contribution in [3.63, 3.8) is 0 Å². The molecule has 3 saturated carbocycles. The third kappa shape index (κ3) is 4.46. The van der Waals surface area contributed by atoms with Gasteiger partial charge in [-0.05, 0) is 62.8 Å². The maximum absolute atomic E-state index is 3.80. The molecule has 3 fully saturated rings. The number of hydrogen-bond acceptors (Lipinski definition) is 2. The normalized spacial score (nSPS) is 26.2. The molecule has 2 nitrogen and oxygen atoms in total. The molecule has 0 saturated heterocycles. The Hall–Kier alpha value is -0.0800. The van der Waals surface area contributed by atoms with E-state index < -0.39 is 0 Å². The molecule has 1 N–H and O–H groups in total. The molecule has 0 heterocycles. The lowest BCUT2D eigenvalue weighted by molar-refractivity contribution is 0.196. The smallest absolute Gasteiger partial charge is 0.0223 e. The number of rotatable bonds is 9. The highest BCUT2D eigenvalue weighted by molar-refractivity contribution is 4.87. The van der Waals surface area contributed by atoms with Gasteiger partial charge < -0.3 is 10.2 Å². The molecule has 1 unspecified atom stereocenters. The van der Waals surface area contributed by atoms with E-state index in [1.807, 2.05) is 0 Å². The average molecular weight is 264 g/mol. The van der Waals surface area contributed by atoms with Crippen LogP contribution in [0, 0.1) is 17.8 Å². The van der Waals surface area contributed by atoms with Gasteiger partial charge in [0.15, 0.2) is 0 Å². The van der Waals surface area contributed by atoms with Gasteiger partial charge in [-0.3, -0.25) is 0 Å². The molecule has 0 aromatic rings. The molecule has 0 radical (unpaired) electrons. The first-order valence-electron chi connectivity index (χ1n) is 8.81. The number of nitrogens with zero attached hydrogens (tertiary/aromatic N) is 1. The summed E-state index contributed by atoms with van der Waals surface area (Å²) in [6.45, 7) is 7.53. The van der Waals surface area contributed by atoms with Crippen LogP contribution in [0.4, 0.5) is 0 Å². The summed E-state index contributed by atoms with van der Waals surface area (Å²) in [4.78, 5) is 2.82. The Balaban J connectivity index is 1.52. The summed E-state index contributed by atoms with van der Waals surface area (Å²) < 4.78 is 0. The molecule has 2 heteroatoms. The fraction of sp³-hybridized carbons (Fsp3) is 1.00. The summed E-state index contributed by atoms with van der Waals surface area (Å²) in [6, 6.07) is 0.769. The minimum absolute atomic E-state index is 0.769. The van der Waals surface area contributed by atoms with E-state index in [1.54, 1.807) is 0 Å². The first kappa shape index (κ1) is 13.9. The van der Waals surface area contributed by atoms with Crippen LogP contribution in [0.15, 0.2) is 0 Å².